The van der Waals surface area contributed by atoms with Crippen molar-refractivity contribution in [2.45, 2.75) is 13.1 Å². The van der Waals surface area contributed by atoms with E-state index in [2.05, 4.69) is 25.3 Å². The topological polar surface area (TPSA) is 97.7 Å². The van der Waals surface area contributed by atoms with E-state index in [0.29, 0.717) is 29.3 Å². The van der Waals surface area contributed by atoms with Gasteiger partial charge in [-0.25, -0.2) is 19.7 Å². The van der Waals surface area contributed by atoms with Gasteiger partial charge in [-0.15, -0.1) is 0 Å². The minimum Gasteiger partial charge on any atom is -0.423 e. The average molecular weight is 398 g/mol. The molecular weight excluding hydrogens is 380 g/mol. The minimum atomic E-state index is -0.406. The molecule has 30 heavy (non-hydrogen) atoms. The molecule has 3 aromatic heterocycles. The first-order chi connectivity index (χ1) is 14.8. The number of nitrogens with one attached hydrogen (secondary N) is 2. The van der Waals surface area contributed by atoms with E-state index < -0.39 is 5.97 Å². The van der Waals surface area contributed by atoms with Gasteiger partial charge in [0.15, 0.2) is 17.2 Å². The predicted molar refractivity (Wildman–Crippen MR) is 113 cm³/mol. The lowest BCUT2D eigenvalue weighted by atomic mass is 10.2. The number of hydrogen-bond acceptors (Lipinski definition) is 6. The lowest BCUT2D eigenvalue weighted by Gasteiger charge is -2.07. The molecule has 2 N–H and O–H groups in total. The maximum atomic E-state index is 12.5. The third-order valence-electron chi connectivity index (χ3n) is 4.78. The average Bonchev–Trinajstić information content (AvgIpc) is 3.38. The Kier molecular flexibility index (Phi) is 4.57. The summed E-state index contributed by atoms with van der Waals surface area (Å²) in [6.45, 7) is 0.605. The normalized spacial score (nSPS) is 11.1. The standard InChI is InChI=1S/C22H18N6O2/c29-19(30-18-11-23-17-9-5-4-8-16(17)18)12-28-14-27-20-21(25-13-26-22(20)28)24-10-15-6-2-1-3-7-15/h1-9,11,13-14,23H,10,12H2,(H,24,25,26). The molecule has 5 rings (SSSR count). The van der Waals surface area contributed by atoms with Crippen molar-refractivity contribution in [2.24, 2.45) is 0 Å². The highest BCUT2D eigenvalue weighted by Crippen LogP contribution is 2.25. The molecule has 0 saturated heterocycles. The fraction of sp³-hybridized carbons (Fsp3) is 0.0909. The first kappa shape index (κ1) is 17.9. The quantitative estimate of drug-likeness (QED) is 0.425. The zero-order valence-electron chi connectivity index (χ0n) is 15.9. The Morgan fingerprint density at radius 1 is 1.03 bits per heavy atom. The maximum Gasteiger partial charge on any atom is 0.331 e. The van der Waals surface area contributed by atoms with Gasteiger partial charge in [-0.2, -0.15) is 0 Å². The van der Waals surface area contributed by atoms with Gasteiger partial charge in [-0.1, -0.05) is 42.5 Å². The lowest BCUT2D eigenvalue weighted by Crippen LogP contribution is -2.16. The number of nitrogens with zero attached hydrogens (tertiary/aromatic N) is 4. The van der Waals surface area contributed by atoms with E-state index in [4.69, 9.17) is 4.74 Å². The molecule has 0 aliphatic heterocycles. The summed E-state index contributed by atoms with van der Waals surface area (Å²) in [5.41, 5.74) is 3.21. The van der Waals surface area contributed by atoms with Crippen molar-refractivity contribution < 1.29 is 9.53 Å². The Balaban J connectivity index is 1.33. The number of fused-ring (bicyclic) bond motifs is 2. The van der Waals surface area contributed by atoms with Crippen LogP contribution in [0.1, 0.15) is 5.56 Å². The fourth-order valence-electron chi connectivity index (χ4n) is 3.33. The highest BCUT2D eigenvalue weighted by atomic mass is 16.5. The number of ether oxygens (including phenoxy) is 1. The summed E-state index contributed by atoms with van der Waals surface area (Å²) < 4.78 is 7.20. The van der Waals surface area contributed by atoms with Gasteiger partial charge in [-0.3, -0.25) is 0 Å². The van der Waals surface area contributed by atoms with Crippen LogP contribution in [0.4, 0.5) is 5.82 Å². The molecule has 2 aromatic carbocycles. The molecule has 8 nitrogen and oxygen atoms in total. The Hall–Kier alpha value is -4.20. The van der Waals surface area contributed by atoms with Crippen LogP contribution in [-0.2, 0) is 17.9 Å². The molecule has 3 heterocycles. The van der Waals surface area contributed by atoms with Crippen molar-refractivity contribution in [3.05, 3.63) is 79.0 Å². The second kappa shape index (κ2) is 7.67. The molecule has 0 amide bonds. The maximum absolute atomic E-state index is 12.5. The van der Waals surface area contributed by atoms with Gasteiger partial charge in [-0.05, 0) is 17.7 Å². The van der Waals surface area contributed by atoms with Crippen molar-refractivity contribution in [3.8, 4) is 5.75 Å². The lowest BCUT2D eigenvalue weighted by molar-refractivity contribution is -0.134. The number of anilines is 1. The predicted octanol–water partition coefficient (Wildman–Crippen LogP) is 3.53. The van der Waals surface area contributed by atoms with E-state index in [1.165, 1.54) is 6.33 Å². The van der Waals surface area contributed by atoms with E-state index in [-0.39, 0.29) is 6.54 Å². The van der Waals surface area contributed by atoms with E-state index in [0.717, 1.165) is 16.5 Å². The van der Waals surface area contributed by atoms with Gasteiger partial charge < -0.3 is 19.6 Å². The fourth-order valence-corrected chi connectivity index (χ4v) is 3.33. The Morgan fingerprint density at radius 3 is 2.77 bits per heavy atom. The summed E-state index contributed by atoms with van der Waals surface area (Å²) in [4.78, 5) is 28.6. The number of imidazole rings is 1. The number of para-hydroxylation sites is 1. The zero-order valence-corrected chi connectivity index (χ0v) is 15.9. The SMILES string of the molecule is O=C(Cn1cnc2c(NCc3ccccc3)ncnc21)Oc1c[nH]c2ccccc12. The van der Waals surface area contributed by atoms with Crippen molar-refractivity contribution in [1.82, 2.24) is 24.5 Å². The molecule has 0 spiro atoms. The van der Waals surface area contributed by atoms with Crippen LogP contribution in [0.5, 0.6) is 5.75 Å². The number of benzene rings is 2. The van der Waals surface area contributed by atoms with E-state index in [1.807, 2.05) is 54.6 Å². The van der Waals surface area contributed by atoms with Gasteiger partial charge >= 0.3 is 5.97 Å². The largest absolute Gasteiger partial charge is 0.423 e. The number of H-pyrrole nitrogens is 1. The molecule has 5 aromatic rings. The molecule has 0 radical (unpaired) electrons. The van der Waals surface area contributed by atoms with E-state index in [1.54, 1.807) is 17.1 Å². The number of hydrogen-bond donors (Lipinski definition) is 2. The second-order valence-electron chi connectivity index (χ2n) is 6.78. The Bertz CT molecular complexity index is 1330. The van der Waals surface area contributed by atoms with Gasteiger partial charge in [0.05, 0.1) is 6.33 Å². The number of rotatable bonds is 6. The van der Waals surface area contributed by atoms with Gasteiger partial charge in [0, 0.05) is 23.6 Å². The van der Waals surface area contributed by atoms with Crippen LogP contribution in [0.25, 0.3) is 22.1 Å². The molecule has 148 valence electrons. The monoisotopic (exact) mass is 398 g/mol. The number of aromatic amines is 1. The summed E-state index contributed by atoms with van der Waals surface area (Å²) in [7, 11) is 0. The molecule has 0 bridgehead atoms. The van der Waals surface area contributed by atoms with Crippen LogP contribution in [0, 0.1) is 0 Å². The number of aromatic nitrogens is 5. The third-order valence-corrected chi connectivity index (χ3v) is 4.78. The zero-order chi connectivity index (χ0) is 20.3. The molecule has 0 fully saturated rings. The van der Waals surface area contributed by atoms with E-state index >= 15 is 0 Å². The van der Waals surface area contributed by atoms with Crippen LogP contribution in [0.3, 0.4) is 0 Å². The highest BCUT2D eigenvalue weighted by Gasteiger charge is 2.15. The first-order valence-electron chi connectivity index (χ1n) is 9.48. The van der Waals surface area contributed by atoms with Gasteiger partial charge in [0.25, 0.3) is 0 Å². The van der Waals surface area contributed by atoms with Crippen LogP contribution in [0.15, 0.2) is 73.4 Å². The summed E-state index contributed by atoms with van der Waals surface area (Å²) in [6.07, 6.45) is 4.71. The van der Waals surface area contributed by atoms with Crippen LogP contribution in [-0.4, -0.2) is 30.5 Å². The van der Waals surface area contributed by atoms with Crippen LogP contribution < -0.4 is 10.1 Å². The smallest absolute Gasteiger partial charge is 0.331 e. The van der Waals surface area contributed by atoms with E-state index in [9.17, 15) is 4.79 Å². The summed E-state index contributed by atoms with van der Waals surface area (Å²) >= 11 is 0. The summed E-state index contributed by atoms with van der Waals surface area (Å²) in [5, 5.41) is 4.14. The number of carbonyl (C=O) groups excluding carboxylic acids is 1. The minimum absolute atomic E-state index is 0.00878. The van der Waals surface area contributed by atoms with Crippen molar-refractivity contribution in [1.29, 1.82) is 0 Å². The van der Waals surface area contributed by atoms with Crippen LogP contribution >= 0.6 is 0 Å². The molecule has 0 unspecified atom stereocenters. The molecule has 0 aliphatic rings. The van der Waals surface area contributed by atoms with Crippen molar-refractivity contribution >= 4 is 33.9 Å². The third kappa shape index (κ3) is 3.46. The molecule has 0 saturated carbocycles. The highest BCUT2D eigenvalue weighted by molar-refractivity contribution is 5.89. The summed E-state index contributed by atoms with van der Waals surface area (Å²) in [6, 6.07) is 17.7. The van der Waals surface area contributed by atoms with Crippen LogP contribution in [0.2, 0.25) is 0 Å². The molecular formula is C22H18N6O2. The van der Waals surface area contributed by atoms with Crippen molar-refractivity contribution in [3.63, 3.8) is 0 Å². The number of esters is 1. The van der Waals surface area contributed by atoms with Crippen molar-refractivity contribution in [2.75, 3.05) is 5.32 Å². The number of carbonyl (C=O) groups is 1. The molecule has 8 heteroatoms. The van der Waals surface area contributed by atoms with Gasteiger partial charge in [0.2, 0.25) is 0 Å². The first-order valence-corrected chi connectivity index (χ1v) is 9.48. The second-order valence-corrected chi connectivity index (χ2v) is 6.78. The Labute approximate surface area is 171 Å². The van der Waals surface area contributed by atoms with Gasteiger partial charge in [0.1, 0.15) is 18.4 Å². The summed E-state index contributed by atoms with van der Waals surface area (Å²) in [5.74, 6) is 0.712. The molecule has 0 atom stereocenters. The Morgan fingerprint density at radius 2 is 1.87 bits per heavy atom. The molecule has 0 aliphatic carbocycles.